The molecule has 2 rings (SSSR count). The lowest BCUT2D eigenvalue weighted by atomic mass is 10.0. The lowest BCUT2D eigenvalue weighted by molar-refractivity contribution is -0.137. The van der Waals surface area contributed by atoms with Gasteiger partial charge in [-0.3, -0.25) is 9.59 Å². The first kappa shape index (κ1) is 20.5. The third-order valence-electron chi connectivity index (χ3n) is 4.39. The fourth-order valence-electron chi connectivity index (χ4n) is 3.00. The van der Waals surface area contributed by atoms with Gasteiger partial charge in [-0.15, -0.1) is 0 Å². The highest BCUT2D eigenvalue weighted by Gasteiger charge is 2.21. The molecular weight excluding hydrogens is 356 g/mol. The molecule has 0 saturated carbocycles. The molecule has 0 aliphatic heterocycles. The number of alkyl halides is 2. The summed E-state index contributed by atoms with van der Waals surface area (Å²) in [5, 5.41) is 15.5. The Bertz CT molecular complexity index is 791. The van der Waals surface area contributed by atoms with Crippen LogP contribution in [0.15, 0.2) is 30.3 Å². The van der Waals surface area contributed by atoms with E-state index in [0.29, 0.717) is 22.4 Å². The van der Waals surface area contributed by atoms with Gasteiger partial charge in [0.15, 0.2) is 0 Å². The summed E-state index contributed by atoms with van der Waals surface area (Å²) in [5.74, 6) is -1.28. The van der Waals surface area contributed by atoms with Crippen molar-refractivity contribution in [3.8, 4) is 0 Å². The Morgan fingerprint density at radius 3 is 2.44 bits per heavy atom. The molecule has 1 aromatic carbocycles. The number of hydrogen-bond acceptors (Lipinski definition) is 3. The number of halogens is 2. The number of hydrogen-bond donors (Lipinski definition) is 2. The monoisotopic (exact) mass is 379 g/mol. The fourth-order valence-corrected chi connectivity index (χ4v) is 3.00. The summed E-state index contributed by atoms with van der Waals surface area (Å²) in [6.45, 7) is 0.322. The van der Waals surface area contributed by atoms with E-state index in [9.17, 15) is 18.4 Å². The maximum Gasteiger partial charge on any atom is 0.333 e. The van der Waals surface area contributed by atoms with Crippen LogP contribution in [0, 0.1) is 13.8 Å². The minimum absolute atomic E-state index is 0.0703. The molecule has 146 valence electrons. The molecule has 27 heavy (non-hydrogen) atoms. The molecule has 0 spiro atoms. The van der Waals surface area contributed by atoms with Crippen LogP contribution in [-0.2, 0) is 22.4 Å². The zero-order valence-electron chi connectivity index (χ0n) is 15.3. The van der Waals surface area contributed by atoms with Gasteiger partial charge in [-0.25, -0.2) is 4.68 Å². The Balaban J connectivity index is 2.07. The third kappa shape index (κ3) is 5.87. The SMILES string of the molecule is Cc1nn(C(F)F)c(C)c1CC(=O)NC(CCC(=O)O)Cc1ccccc1. The molecule has 2 aromatic rings. The summed E-state index contributed by atoms with van der Waals surface area (Å²) in [5.41, 5.74) is 2.08. The van der Waals surface area contributed by atoms with Crippen molar-refractivity contribution in [2.24, 2.45) is 0 Å². The fraction of sp³-hybridized carbons (Fsp3) is 0.421. The number of carboxylic acid groups (broad SMARTS) is 1. The van der Waals surface area contributed by atoms with Crippen LogP contribution in [0.3, 0.4) is 0 Å². The number of benzene rings is 1. The maximum absolute atomic E-state index is 12.9. The van der Waals surface area contributed by atoms with E-state index >= 15 is 0 Å². The molecule has 1 unspecified atom stereocenters. The van der Waals surface area contributed by atoms with Gasteiger partial charge in [0.25, 0.3) is 0 Å². The van der Waals surface area contributed by atoms with Gasteiger partial charge in [0.2, 0.25) is 5.91 Å². The van der Waals surface area contributed by atoms with Crippen LogP contribution in [0.5, 0.6) is 0 Å². The Labute approximate surface area is 156 Å². The molecule has 0 aliphatic carbocycles. The maximum atomic E-state index is 12.9. The van der Waals surface area contributed by atoms with Crippen LogP contribution in [0.1, 0.15) is 41.9 Å². The summed E-state index contributed by atoms with van der Waals surface area (Å²) in [7, 11) is 0. The molecule has 1 aromatic heterocycles. The van der Waals surface area contributed by atoms with Gasteiger partial charge in [0, 0.05) is 23.7 Å². The minimum atomic E-state index is -2.76. The molecule has 1 atom stereocenters. The number of aryl methyl sites for hydroxylation is 1. The smallest absolute Gasteiger partial charge is 0.333 e. The Kier molecular flexibility index (Phi) is 7.04. The molecular formula is C19H23F2N3O3. The Hall–Kier alpha value is -2.77. The molecule has 0 radical (unpaired) electrons. The van der Waals surface area contributed by atoms with Crippen molar-refractivity contribution < 1.29 is 23.5 Å². The van der Waals surface area contributed by atoms with Crippen molar-refractivity contribution in [1.29, 1.82) is 0 Å². The zero-order valence-corrected chi connectivity index (χ0v) is 15.3. The summed E-state index contributed by atoms with van der Waals surface area (Å²) >= 11 is 0. The second-order valence-electron chi connectivity index (χ2n) is 6.43. The van der Waals surface area contributed by atoms with Gasteiger partial charge in [0.05, 0.1) is 12.1 Å². The number of carbonyl (C=O) groups is 2. The van der Waals surface area contributed by atoms with Crippen LogP contribution < -0.4 is 5.32 Å². The molecule has 1 amide bonds. The van der Waals surface area contributed by atoms with E-state index < -0.39 is 12.5 Å². The predicted molar refractivity (Wildman–Crippen MR) is 95.6 cm³/mol. The number of nitrogens with one attached hydrogen (secondary N) is 1. The first-order valence-electron chi connectivity index (χ1n) is 8.65. The van der Waals surface area contributed by atoms with E-state index in [-0.39, 0.29) is 36.9 Å². The van der Waals surface area contributed by atoms with Crippen LogP contribution in [0.4, 0.5) is 8.78 Å². The van der Waals surface area contributed by atoms with Gasteiger partial charge in [-0.2, -0.15) is 13.9 Å². The van der Waals surface area contributed by atoms with Gasteiger partial charge < -0.3 is 10.4 Å². The standard InChI is InChI=1S/C19H23F2N3O3/c1-12-16(13(2)24(23-12)19(20)21)11-17(25)22-15(8-9-18(26)27)10-14-6-4-3-5-7-14/h3-7,15,19H,8-11H2,1-2H3,(H,22,25)(H,26,27). The summed E-state index contributed by atoms with van der Waals surface area (Å²) in [6, 6.07) is 9.07. The van der Waals surface area contributed by atoms with E-state index in [4.69, 9.17) is 5.11 Å². The largest absolute Gasteiger partial charge is 0.481 e. The third-order valence-corrected chi connectivity index (χ3v) is 4.39. The van der Waals surface area contributed by atoms with Crippen molar-refractivity contribution in [2.75, 3.05) is 0 Å². The minimum Gasteiger partial charge on any atom is -0.481 e. The molecule has 0 fully saturated rings. The van der Waals surface area contributed by atoms with Crippen molar-refractivity contribution in [3.05, 3.63) is 52.8 Å². The zero-order chi connectivity index (χ0) is 20.0. The number of carboxylic acids is 1. The topological polar surface area (TPSA) is 84.2 Å². The second kappa shape index (κ2) is 9.25. The molecule has 0 aliphatic rings. The molecule has 6 nitrogen and oxygen atoms in total. The Morgan fingerprint density at radius 2 is 1.89 bits per heavy atom. The number of aromatic nitrogens is 2. The summed E-state index contributed by atoms with van der Waals surface area (Å²) in [6.07, 6.45) is 0.625. The number of carbonyl (C=O) groups excluding carboxylic acids is 1. The number of amides is 1. The van der Waals surface area contributed by atoms with Crippen LogP contribution in [0.2, 0.25) is 0 Å². The molecule has 2 N–H and O–H groups in total. The van der Waals surface area contributed by atoms with Crippen LogP contribution >= 0.6 is 0 Å². The second-order valence-corrected chi connectivity index (χ2v) is 6.43. The van der Waals surface area contributed by atoms with E-state index in [1.807, 2.05) is 30.3 Å². The molecule has 1 heterocycles. The summed E-state index contributed by atoms with van der Waals surface area (Å²) < 4.78 is 26.5. The van der Waals surface area contributed by atoms with Gasteiger partial charge in [0.1, 0.15) is 0 Å². The normalized spacial score (nSPS) is 12.2. The van der Waals surface area contributed by atoms with Gasteiger partial charge >= 0.3 is 12.5 Å². The average Bonchev–Trinajstić information content (AvgIpc) is 2.89. The quantitative estimate of drug-likeness (QED) is 0.701. The lowest BCUT2D eigenvalue weighted by Crippen LogP contribution is -2.38. The first-order chi connectivity index (χ1) is 12.8. The number of aliphatic carboxylic acids is 1. The first-order valence-corrected chi connectivity index (χ1v) is 8.65. The van der Waals surface area contributed by atoms with E-state index in [1.165, 1.54) is 6.92 Å². The van der Waals surface area contributed by atoms with Crippen molar-refractivity contribution >= 4 is 11.9 Å². The predicted octanol–water partition coefficient (Wildman–Crippen LogP) is 3.03. The average molecular weight is 379 g/mol. The lowest BCUT2D eigenvalue weighted by Gasteiger charge is -2.18. The van der Waals surface area contributed by atoms with Gasteiger partial charge in [-0.05, 0) is 32.3 Å². The van der Waals surface area contributed by atoms with Crippen LogP contribution in [-0.4, -0.2) is 32.8 Å². The molecule has 0 bridgehead atoms. The van der Waals surface area contributed by atoms with E-state index in [2.05, 4.69) is 10.4 Å². The Morgan fingerprint density at radius 1 is 1.22 bits per heavy atom. The van der Waals surface area contributed by atoms with Crippen molar-refractivity contribution in [1.82, 2.24) is 15.1 Å². The molecule has 8 heteroatoms. The van der Waals surface area contributed by atoms with Gasteiger partial charge in [-0.1, -0.05) is 30.3 Å². The molecule has 0 saturated heterocycles. The highest BCUT2D eigenvalue weighted by atomic mass is 19.3. The van der Waals surface area contributed by atoms with Crippen LogP contribution in [0.25, 0.3) is 0 Å². The van der Waals surface area contributed by atoms with E-state index in [0.717, 1.165) is 5.56 Å². The van der Waals surface area contributed by atoms with E-state index in [1.54, 1.807) is 6.92 Å². The number of nitrogens with zero attached hydrogens (tertiary/aromatic N) is 2. The highest BCUT2D eigenvalue weighted by molar-refractivity contribution is 5.79. The summed E-state index contributed by atoms with van der Waals surface area (Å²) in [4.78, 5) is 23.4. The van der Waals surface area contributed by atoms with Crippen molar-refractivity contribution in [3.63, 3.8) is 0 Å². The highest BCUT2D eigenvalue weighted by Crippen LogP contribution is 2.20. The van der Waals surface area contributed by atoms with Crippen molar-refractivity contribution in [2.45, 2.75) is 52.1 Å². The number of rotatable bonds is 9.